The van der Waals surface area contributed by atoms with Crippen LogP contribution in [0, 0.1) is 6.92 Å². The predicted molar refractivity (Wildman–Crippen MR) is 78.1 cm³/mol. The van der Waals surface area contributed by atoms with Crippen molar-refractivity contribution < 1.29 is 9.53 Å². The van der Waals surface area contributed by atoms with Crippen LogP contribution in [-0.2, 0) is 0 Å². The highest BCUT2D eigenvalue weighted by Gasteiger charge is 2.09. The molecule has 1 amide bonds. The molecule has 0 bridgehead atoms. The highest BCUT2D eigenvalue weighted by molar-refractivity contribution is 6.02. The van der Waals surface area contributed by atoms with Gasteiger partial charge in [0.25, 0.3) is 5.91 Å². The lowest BCUT2D eigenvalue weighted by molar-refractivity contribution is 0.102. The molecule has 1 aromatic carbocycles. The molecule has 2 rings (SSSR count). The van der Waals surface area contributed by atoms with Crippen LogP contribution in [0.2, 0.25) is 0 Å². The van der Waals surface area contributed by atoms with Gasteiger partial charge in [0.15, 0.2) is 5.69 Å². The van der Waals surface area contributed by atoms with Crippen LogP contribution in [0.3, 0.4) is 0 Å². The second-order valence-electron chi connectivity index (χ2n) is 4.62. The standard InChI is InChI=1S/C15H19N3O2/c1-3-4-9-20-13-7-5-12(6-8-13)16-15(19)14-10-11(2)17-18-14/h5-8,10H,3-4,9H2,1-2H3,(H,16,19)(H,17,18). The Kier molecular flexibility index (Phi) is 4.76. The molecule has 5 heteroatoms. The van der Waals surface area contributed by atoms with E-state index in [1.54, 1.807) is 6.07 Å². The normalized spacial score (nSPS) is 10.3. The number of hydrogen-bond acceptors (Lipinski definition) is 3. The second kappa shape index (κ2) is 6.75. The molecule has 1 heterocycles. The summed E-state index contributed by atoms with van der Waals surface area (Å²) in [6.07, 6.45) is 2.15. The molecule has 0 aliphatic rings. The van der Waals surface area contributed by atoms with Crippen LogP contribution < -0.4 is 10.1 Å². The number of carbonyl (C=O) groups is 1. The van der Waals surface area contributed by atoms with Gasteiger partial charge in [0, 0.05) is 11.4 Å². The van der Waals surface area contributed by atoms with Crippen LogP contribution in [0.4, 0.5) is 5.69 Å². The molecule has 0 radical (unpaired) electrons. The van der Waals surface area contributed by atoms with Crippen LogP contribution >= 0.6 is 0 Å². The maximum Gasteiger partial charge on any atom is 0.276 e. The molecule has 0 atom stereocenters. The van der Waals surface area contributed by atoms with Crippen molar-refractivity contribution in [3.63, 3.8) is 0 Å². The second-order valence-corrected chi connectivity index (χ2v) is 4.62. The number of benzene rings is 1. The van der Waals surface area contributed by atoms with Gasteiger partial charge < -0.3 is 10.1 Å². The quantitative estimate of drug-likeness (QED) is 0.794. The summed E-state index contributed by atoms with van der Waals surface area (Å²) >= 11 is 0. The number of nitrogens with one attached hydrogen (secondary N) is 2. The summed E-state index contributed by atoms with van der Waals surface area (Å²) in [7, 11) is 0. The van der Waals surface area contributed by atoms with Gasteiger partial charge in [-0.2, -0.15) is 5.10 Å². The molecule has 0 unspecified atom stereocenters. The first-order valence-corrected chi connectivity index (χ1v) is 6.75. The first-order chi connectivity index (χ1) is 9.69. The summed E-state index contributed by atoms with van der Waals surface area (Å²) in [6, 6.07) is 9.04. The van der Waals surface area contributed by atoms with Gasteiger partial charge in [0.05, 0.1) is 6.61 Å². The van der Waals surface area contributed by atoms with E-state index >= 15 is 0 Å². The van der Waals surface area contributed by atoms with Crippen molar-refractivity contribution in [2.24, 2.45) is 0 Å². The Morgan fingerprint density at radius 1 is 1.35 bits per heavy atom. The first kappa shape index (κ1) is 14.1. The van der Waals surface area contributed by atoms with Crippen LogP contribution in [0.15, 0.2) is 30.3 Å². The number of carbonyl (C=O) groups excluding carboxylic acids is 1. The Hall–Kier alpha value is -2.30. The number of hydrogen-bond donors (Lipinski definition) is 2. The topological polar surface area (TPSA) is 67.0 Å². The number of rotatable bonds is 6. The van der Waals surface area contributed by atoms with E-state index in [4.69, 9.17) is 4.74 Å². The monoisotopic (exact) mass is 273 g/mol. The summed E-state index contributed by atoms with van der Waals surface area (Å²) in [5.74, 6) is 0.584. The maximum absolute atomic E-state index is 11.9. The molecule has 0 fully saturated rings. The summed E-state index contributed by atoms with van der Waals surface area (Å²) in [6.45, 7) is 4.69. The zero-order chi connectivity index (χ0) is 14.4. The van der Waals surface area contributed by atoms with E-state index in [9.17, 15) is 4.79 Å². The Morgan fingerprint density at radius 3 is 2.70 bits per heavy atom. The molecule has 0 saturated heterocycles. The lowest BCUT2D eigenvalue weighted by atomic mass is 10.3. The maximum atomic E-state index is 11.9. The van der Waals surface area contributed by atoms with Gasteiger partial charge >= 0.3 is 0 Å². The van der Waals surface area contributed by atoms with Gasteiger partial charge in [0.1, 0.15) is 5.75 Å². The zero-order valence-electron chi connectivity index (χ0n) is 11.8. The molecule has 0 aliphatic carbocycles. The molecule has 0 spiro atoms. The molecule has 20 heavy (non-hydrogen) atoms. The highest BCUT2D eigenvalue weighted by Crippen LogP contribution is 2.16. The van der Waals surface area contributed by atoms with Crippen LogP contribution in [0.1, 0.15) is 35.9 Å². The van der Waals surface area contributed by atoms with Gasteiger partial charge in [-0.25, -0.2) is 0 Å². The average Bonchev–Trinajstić information content (AvgIpc) is 2.88. The zero-order valence-corrected chi connectivity index (χ0v) is 11.8. The van der Waals surface area contributed by atoms with Crippen molar-refractivity contribution in [1.82, 2.24) is 10.2 Å². The van der Waals surface area contributed by atoms with E-state index < -0.39 is 0 Å². The van der Waals surface area contributed by atoms with Crippen LogP contribution in [0.5, 0.6) is 5.75 Å². The number of amides is 1. The molecule has 1 aromatic heterocycles. The van der Waals surface area contributed by atoms with E-state index in [1.165, 1.54) is 0 Å². The molecular formula is C15H19N3O2. The van der Waals surface area contributed by atoms with Gasteiger partial charge in [-0.15, -0.1) is 0 Å². The molecule has 2 N–H and O–H groups in total. The SMILES string of the molecule is CCCCOc1ccc(NC(=O)c2cc(C)[nH]n2)cc1. The fraction of sp³-hybridized carbons (Fsp3) is 0.333. The fourth-order valence-electron chi connectivity index (χ4n) is 1.70. The number of aromatic nitrogens is 2. The number of unbranched alkanes of at least 4 members (excludes halogenated alkanes) is 1. The highest BCUT2D eigenvalue weighted by atomic mass is 16.5. The van der Waals surface area contributed by atoms with Gasteiger partial charge in [-0.1, -0.05) is 13.3 Å². The first-order valence-electron chi connectivity index (χ1n) is 6.75. The number of aromatic amines is 1. The summed E-state index contributed by atoms with van der Waals surface area (Å²) in [4.78, 5) is 11.9. The van der Waals surface area contributed by atoms with Crippen molar-refractivity contribution in [2.75, 3.05) is 11.9 Å². The van der Waals surface area contributed by atoms with E-state index in [1.807, 2.05) is 31.2 Å². The minimum absolute atomic E-state index is 0.228. The summed E-state index contributed by atoms with van der Waals surface area (Å²) in [5, 5.41) is 9.45. The van der Waals surface area contributed by atoms with Crippen molar-refractivity contribution >= 4 is 11.6 Å². The minimum atomic E-state index is -0.228. The lowest BCUT2D eigenvalue weighted by Gasteiger charge is -2.07. The summed E-state index contributed by atoms with van der Waals surface area (Å²) < 4.78 is 5.56. The van der Waals surface area contributed by atoms with Crippen LogP contribution in [0.25, 0.3) is 0 Å². The Labute approximate surface area is 118 Å². The third kappa shape index (κ3) is 3.85. The van der Waals surface area contributed by atoms with E-state index in [-0.39, 0.29) is 5.91 Å². The Bertz CT molecular complexity index is 561. The number of H-pyrrole nitrogens is 1. The number of aryl methyl sites for hydroxylation is 1. The fourth-order valence-corrected chi connectivity index (χ4v) is 1.70. The van der Waals surface area contributed by atoms with Crippen LogP contribution in [-0.4, -0.2) is 22.7 Å². The Morgan fingerprint density at radius 2 is 2.10 bits per heavy atom. The molecule has 106 valence electrons. The molecular weight excluding hydrogens is 254 g/mol. The van der Waals surface area contributed by atoms with E-state index in [0.717, 1.165) is 36.6 Å². The average molecular weight is 273 g/mol. The largest absolute Gasteiger partial charge is 0.494 e. The third-order valence-electron chi connectivity index (χ3n) is 2.82. The van der Waals surface area contributed by atoms with Crippen molar-refractivity contribution in [3.8, 4) is 5.75 Å². The minimum Gasteiger partial charge on any atom is -0.494 e. The van der Waals surface area contributed by atoms with Gasteiger partial charge in [0.2, 0.25) is 0 Å². The van der Waals surface area contributed by atoms with Crippen molar-refractivity contribution in [3.05, 3.63) is 41.7 Å². The number of ether oxygens (including phenoxy) is 1. The van der Waals surface area contributed by atoms with Gasteiger partial charge in [-0.3, -0.25) is 9.89 Å². The van der Waals surface area contributed by atoms with E-state index in [2.05, 4.69) is 22.4 Å². The number of anilines is 1. The molecule has 2 aromatic rings. The predicted octanol–water partition coefficient (Wildman–Crippen LogP) is 3.15. The molecule has 0 saturated carbocycles. The molecule has 0 aliphatic heterocycles. The third-order valence-corrected chi connectivity index (χ3v) is 2.82. The smallest absolute Gasteiger partial charge is 0.276 e. The van der Waals surface area contributed by atoms with E-state index in [0.29, 0.717) is 5.69 Å². The summed E-state index contributed by atoms with van der Waals surface area (Å²) in [5.41, 5.74) is 1.96. The van der Waals surface area contributed by atoms with Gasteiger partial charge in [-0.05, 0) is 43.7 Å². The van der Waals surface area contributed by atoms with Crippen molar-refractivity contribution in [1.29, 1.82) is 0 Å². The Balaban J connectivity index is 1.91. The van der Waals surface area contributed by atoms with Crippen molar-refractivity contribution in [2.45, 2.75) is 26.7 Å². The number of nitrogens with zero attached hydrogens (tertiary/aromatic N) is 1. The molecule has 5 nitrogen and oxygen atoms in total. The lowest BCUT2D eigenvalue weighted by Crippen LogP contribution is -2.12.